The molecule has 0 aromatic heterocycles. The molecule has 0 aliphatic carbocycles. The molecular weight excluding hydrogens is 392 g/mol. The van der Waals surface area contributed by atoms with E-state index in [1.165, 1.54) is 0 Å². The van der Waals surface area contributed by atoms with E-state index in [4.69, 9.17) is 14.2 Å². The highest BCUT2D eigenvalue weighted by Gasteiger charge is 2.41. The van der Waals surface area contributed by atoms with Crippen molar-refractivity contribution < 1.29 is 19.3 Å². The van der Waals surface area contributed by atoms with Crippen LogP contribution in [0.25, 0.3) is 10.8 Å². The molecule has 0 saturated carbocycles. The molecule has 0 aliphatic rings. The van der Waals surface area contributed by atoms with E-state index in [1.807, 2.05) is 24.3 Å². The molecule has 0 aliphatic heterocycles. The third-order valence-corrected chi connectivity index (χ3v) is 12.2. The van der Waals surface area contributed by atoms with Gasteiger partial charge < -0.3 is 19.3 Å². The van der Waals surface area contributed by atoms with E-state index in [9.17, 15) is 5.11 Å². The number of hydrogen-bond acceptors (Lipinski definition) is 4. The van der Waals surface area contributed by atoms with Gasteiger partial charge in [-0.15, -0.1) is 5.54 Å². The smallest absolute Gasteiger partial charge is 0.189 e. The molecule has 0 fully saturated rings. The second kappa shape index (κ2) is 10.9. The molecule has 5 heteroatoms. The number of benzene rings is 2. The maximum atomic E-state index is 10.7. The van der Waals surface area contributed by atoms with E-state index in [0.717, 1.165) is 16.3 Å². The van der Waals surface area contributed by atoms with Crippen LogP contribution in [0.15, 0.2) is 30.3 Å². The topological polar surface area (TPSA) is 47.9 Å². The van der Waals surface area contributed by atoms with Gasteiger partial charge in [0.15, 0.2) is 6.79 Å². The third-order valence-electron chi connectivity index (χ3n) is 5.95. The molecule has 0 radical (unpaired) electrons. The van der Waals surface area contributed by atoms with Crippen molar-refractivity contribution in [2.24, 2.45) is 0 Å². The van der Waals surface area contributed by atoms with Crippen molar-refractivity contribution in [1.29, 1.82) is 0 Å². The van der Waals surface area contributed by atoms with Gasteiger partial charge >= 0.3 is 0 Å². The number of hydrogen-bond donors (Lipinski definition) is 1. The molecule has 30 heavy (non-hydrogen) atoms. The first-order valence-corrected chi connectivity index (χ1v) is 13.0. The van der Waals surface area contributed by atoms with E-state index in [0.29, 0.717) is 35.6 Å². The summed E-state index contributed by atoms with van der Waals surface area (Å²) in [7, 11) is -0.222. The highest BCUT2D eigenvalue weighted by Crippen LogP contribution is 2.41. The van der Waals surface area contributed by atoms with Gasteiger partial charge in [-0.25, -0.2) is 0 Å². The molecule has 0 saturated heterocycles. The van der Waals surface area contributed by atoms with Gasteiger partial charge in [0.05, 0.1) is 13.2 Å². The lowest BCUT2D eigenvalue weighted by Crippen LogP contribution is -2.43. The van der Waals surface area contributed by atoms with Gasteiger partial charge in [-0.05, 0) is 34.1 Å². The normalized spacial score (nSPS) is 11.9. The van der Waals surface area contributed by atoms with Crippen LogP contribution in [0.3, 0.4) is 0 Å². The summed E-state index contributed by atoms with van der Waals surface area (Å²) >= 11 is 0. The molecule has 0 amide bonds. The molecule has 2 aromatic rings. The Morgan fingerprint density at radius 1 is 0.967 bits per heavy atom. The van der Waals surface area contributed by atoms with Crippen molar-refractivity contribution in [2.45, 2.75) is 58.2 Å². The quantitative estimate of drug-likeness (QED) is 0.226. The number of ether oxygens (including phenoxy) is 3. The number of rotatable bonds is 9. The van der Waals surface area contributed by atoms with Crippen LogP contribution in [0, 0.1) is 11.5 Å². The van der Waals surface area contributed by atoms with Gasteiger partial charge in [0.2, 0.25) is 0 Å². The molecule has 0 spiro atoms. The van der Waals surface area contributed by atoms with E-state index in [-0.39, 0.29) is 12.5 Å². The van der Waals surface area contributed by atoms with Crippen molar-refractivity contribution >= 4 is 18.8 Å². The highest BCUT2D eigenvalue weighted by atomic mass is 28.3. The Kier molecular flexibility index (Phi) is 8.78. The monoisotopic (exact) mass is 428 g/mol. The number of methoxy groups -OCH3 is 1. The number of phenolic OH excluding ortho intramolecular Hbond substituents is 1. The second-order valence-electron chi connectivity index (χ2n) is 8.66. The first-order valence-electron chi connectivity index (χ1n) is 10.7. The van der Waals surface area contributed by atoms with Crippen LogP contribution >= 0.6 is 0 Å². The molecule has 2 rings (SSSR count). The number of fused-ring (bicyclic) bond motifs is 1. The predicted octanol–water partition coefficient (Wildman–Crippen LogP) is 6.11. The molecule has 0 unspecified atom stereocenters. The lowest BCUT2D eigenvalue weighted by atomic mass is 10.0. The second-order valence-corrected chi connectivity index (χ2v) is 14.2. The number of phenols is 1. The summed E-state index contributed by atoms with van der Waals surface area (Å²) in [5, 5.41) is 12.4. The third kappa shape index (κ3) is 5.37. The fourth-order valence-electron chi connectivity index (χ4n) is 4.49. The summed E-state index contributed by atoms with van der Waals surface area (Å²) in [6.45, 7) is 14.9. The highest BCUT2D eigenvalue weighted by molar-refractivity contribution is 6.90. The van der Waals surface area contributed by atoms with E-state index >= 15 is 0 Å². The summed E-state index contributed by atoms with van der Waals surface area (Å²) in [5.74, 6) is 4.22. The van der Waals surface area contributed by atoms with Gasteiger partial charge in [-0.1, -0.05) is 59.6 Å². The molecule has 164 valence electrons. The average Bonchev–Trinajstić information content (AvgIpc) is 2.67. The van der Waals surface area contributed by atoms with Crippen LogP contribution in [-0.4, -0.2) is 40.3 Å². The van der Waals surface area contributed by atoms with Crippen molar-refractivity contribution in [3.8, 4) is 23.0 Å². The zero-order valence-electron chi connectivity index (χ0n) is 19.4. The molecule has 4 nitrogen and oxygen atoms in total. The molecule has 2 aromatic carbocycles. The van der Waals surface area contributed by atoms with Crippen LogP contribution in [0.2, 0.25) is 16.6 Å². The van der Waals surface area contributed by atoms with Crippen LogP contribution in [0.1, 0.15) is 47.1 Å². The van der Waals surface area contributed by atoms with Crippen molar-refractivity contribution in [1.82, 2.24) is 0 Å². The zero-order chi connectivity index (χ0) is 22.3. The van der Waals surface area contributed by atoms with Gasteiger partial charge in [-0.2, -0.15) is 0 Å². The fraction of sp³-hybridized carbons (Fsp3) is 0.520. The van der Waals surface area contributed by atoms with Crippen LogP contribution in [0.4, 0.5) is 0 Å². The van der Waals surface area contributed by atoms with Crippen LogP contribution in [0.5, 0.6) is 11.5 Å². The van der Waals surface area contributed by atoms with Gasteiger partial charge in [0, 0.05) is 24.1 Å². The molecule has 0 heterocycles. The van der Waals surface area contributed by atoms with Crippen molar-refractivity contribution in [3.63, 3.8) is 0 Å². The molecule has 1 N–H and O–H groups in total. The van der Waals surface area contributed by atoms with Gasteiger partial charge in [0.25, 0.3) is 0 Å². The Morgan fingerprint density at radius 2 is 1.63 bits per heavy atom. The Morgan fingerprint density at radius 3 is 2.23 bits per heavy atom. The first kappa shape index (κ1) is 24.3. The summed E-state index contributed by atoms with van der Waals surface area (Å²) < 4.78 is 15.9. The Hall–Kier alpha value is -2.00. The maximum absolute atomic E-state index is 10.7. The summed E-state index contributed by atoms with van der Waals surface area (Å²) in [4.78, 5) is 0. The fourth-order valence-corrected chi connectivity index (χ4v) is 9.70. The van der Waals surface area contributed by atoms with E-state index < -0.39 is 8.07 Å². The largest absolute Gasteiger partial charge is 0.507 e. The SMILES string of the molecule is COCCOCOc1cc(O)c2c(C#C[Si](C(C)C)(C(C)C)C(C)C)cccc2c1. The molecular formula is C25H36O4Si. The minimum absolute atomic E-state index is 0.110. The minimum Gasteiger partial charge on any atom is -0.507 e. The Bertz CT molecular complexity index is 871. The Labute approximate surface area is 182 Å². The van der Waals surface area contributed by atoms with E-state index in [1.54, 1.807) is 13.2 Å². The zero-order valence-corrected chi connectivity index (χ0v) is 20.4. The molecule has 0 bridgehead atoms. The Balaban J connectivity index is 2.40. The minimum atomic E-state index is -1.85. The van der Waals surface area contributed by atoms with Crippen LogP contribution < -0.4 is 4.74 Å². The van der Waals surface area contributed by atoms with Crippen molar-refractivity contribution in [3.05, 3.63) is 35.9 Å². The number of aromatic hydroxyl groups is 1. The average molecular weight is 429 g/mol. The van der Waals surface area contributed by atoms with Crippen LogP contribution in [-0.2, 0) is 9.47 Å². The van der Waals surface area contributed by atoms with Crippen molar-refractivity contribution in [2.75, 3.05) is 27.1 Å². The first-order chi connectivity index (χ1) is 14.2. The predicted molar refractivity (Wildman–Crippen MR) is 127 cm³/mol. The summed E-state index contributed by atoms with van der Waals surface area (Å²) in [6.07, 6.45) is 0. The lowest BCUT2D eigenvalue weighted by molar-refractivity contribution is -0.00846. The molecule has 0 atom stereocenters. The standard InChI is InChI=1S/C25H36O4Si/c1-18(2)30(19(3)4,20(5)6)14-11-21-9-8-10-22-15-23(16-24(26)25(21)22)29-17-28-13-12-27-7/h8-10,15-16,18-20,26H,12-13,17H2,1-7H3. The summed E-state index contributed by atoms with van der Waals surface area (Å²) in [5.41, 5.74) is 6.30. The van der Waals surface area contributed by atoms with Gasteiger partial charge in [0.1, 0.15) is 19.6 Å². The lowest BCUT2D eigenvalue weighted by Gasteiger charge is -2.38. The van der Waals surface area contributed by atoms with Gasteiger partial charge in [-0.3, -0.25) is 0 Å². The summed E-state index contributed by atoms with van der Waals surface area (Å²) in [6, 6.07) is 9.48. The maximum Gasteiger partial charge on any atom is 0.189 e. The van der Waals surface area contributed by atoms with E-state index in [2.05, 4.69) is 53.0 Å².